The van der Waals surface area contributed by atoms with Crippen LogP contribution < -0.4 is 0 Å². The minimum absolute atomic E-state index is 0.0651. The first-order valence-corrected chi connectivity index (χ1v) is 7.71. The number of hydrogen-bond acceptors (Lipinski definition) is 8. The van der Waals surface area contributed by atoms with Gasteiger partial charge in [-0.1, -0.05) is 11.6 Å². The zero-order valence-corrected chi connectivity index (χ0v) is 14.2. The molecule has 1 saturated heterocycles. The molecule has 25 heavy (non-hydrogen) atoms. The van der Waals surface area contributed by atoms with E-state index in [2.05, 4.69) is 15.0 Å². The fourth-order valence-corrected chi connectivity index (χ4v) is 2.95. The molecule has 0 aromatic carbocycles. The Kier molecular flexibility index (Phi) is 4.56. The minimum Gasteiger partial charge on any atom is -0.456 e. The van der Waals surface area contributed by atoms with Gasteiger partial charge in [0.25, 0.3) is 0 Å². The van der Waals surface area contributed by atoms with Crippen LogP contribution in [0.4, 0.5) is 4.39 Å². The van der Waals surface area contributed by atoms with Crippen LogP contribution in [-0.4, -0.2) is 49.8 Å². The summed E-state index contributed by atoms with van der Waals surface area (Å²) in [7, 11) is 0. The summed E-state index contributed by atoms with van der Waals surface area (Å²) in [6.45, 7) is 4.11. The number of esters is 2. The highest BCUT2D eigenvalue weighted by Crippen LogP contribution is 2.35. The predicted molar refractivity (Wildman–Crippen MR) is 81.0 cm³/mol. The number of aromatic nitrogens is 4. The number of fused-ring (bicyclic) bond motifs is 1. The average Bonchev–Trinajstić information content (AvgIpc) is 3.02. The van der Waals surface area contributed by atoms with Gasteiger partial charge >= 0.3 is 18.0 Å². The molecule has 0 bridgehead atoms. The third-order valence-corrected chi connectivity index (χ3v) is 3.91. The first-order valence-electron chi connectivity index (χ1n) is 7.33. The quantitative estimate of drug-likeness (QED) is 0.452. The second-order valence-electron chi connectivity index (χ2n) is 5.49. The highest BCUT2D eigenvalue weighted by atomic mass is 35.5. The molecule has 1 fully saturated rings. The van der Waals surface area contributed by atoms with Crippen molar-refractivity contribution in [3.05, 3.63) is 17.6 Å². The van der Waals surface area contributed by atoms with Gasteiger partial charge in [0.1, 0.15) is 5.52 Å². The standard InChI is InChI=1S/C14H14ClFN4O5/c1-5-9(24-6(2)21)10(25-7(3)22)13(23-5)20-4-17-8-11(15)18-14(16)19-12(8)20/h4-5,9-10,13H,1-3H3/t5-,9-,10-,13?/m1/s1. The summed E-state index contributed by atoms with van der Waals surface area (Å²) in [5, 5.41) is -0.159. The Labute approximate surface area is 146 Å². The van der Waals surface area contributed by atoms with Crippen molar-refractivity contribution in [3.63, 3.8) is 0 Å². The third kappa shape index (κ3) is 3.27. The van der Waals surface area contributed by atoms with Gasteiger partial charge in [0.05, 0.1) is 12.4 Å². The lowest BCUT2D eigenvalue weighted by molar-refractivity contribution is -0.165. The van der Waals surface area contributed by atoms with E-state index in [0.29, 0.717) is 0 Å². The van der Waals surface area contributed by atoms with Gasteiger partial charge in [-0.25, -0.2) is 4.98 Å². The van der Waals surface area contributed by atoms with E-state index in [9.17, 15) is 14.0 Å². The summed E-state index contributed by atoms with van der Waals surface area (Å²) >= 11 is 5.87. The zero-order chi connectivity index (χ0) is 18.3. The highest BCUT2D eigenvalue weighted by Gasteiger charge is 2.48. The Hall–Kier alpha value is -2.33. The van der Waals surface area contributed by atoms with Crippen molar-refractivity contribution < 1.29 is 28.2 Å². The van der Waals surface area contributed by atoms with Crippen molar-refractivity contribution in [2.75, 3.05) is 0 Å². The molecule has 9 nitrogen and oxygen atoms in total. The molecule has 0 saturated carbocycles. The van der Waals surface area contributed by atoms with E-state index in [0.717, 1.165) is 0 Å². The van der Waals surface area contributed by atoms with Crippen LogP contribution in [0.5, 0.6) is 0 Å². The summed E-state index contributed by atoms with van der Waals surface area (Å²) in [4.78, 5) is 33.9. The van der Waals surface area contributed by atoms with Crippen LogP contribution in [-0.2, 0) is 23.8 Å². The van der Waals surface area contributed by atoms with Crippen molar-refractivity contribution in [1.29, 1.82) is 0 Å². The smallest absolute Gasteiger partial charge is 0.312 e. The van der Waals surface area contributed by atoms with Crippen molar-refractivity contribution >= 4 is 34.7 Å². The molecule has 0 aliphatic carbocycles. The molecule has 0 spiro atoms. The van der Waals surface area contributed by atoms with Crippen LogP contribution in [0.1, 0.15) is 27.0 Å². The van der Waals surface area contributed by atoms with Gasteiger partial charge in [-0.05, 0) is 6.92 Å². The van der Waals surface area contributed by atoms with Crippen LogP contribution in [0.15, 0.2) is 6.33 Å². The minimum atomic E-state index is -1.04. The average molecular weight is 373 g/mol. The lowest BCUT2D eigenvalue weighted by Crippen LogP contribution is -2.38. The summed E-state index contributed by atoms with van der Waals surface area (Å²) in [5.74, 6) is -1.14. The van der Waals surface area contributed by atoms with Gasteiger partial charge in [-0.3, -0.25) is 14.2 Å². The maximum absolute atomic E-state index is 13.5. The van der Waals surface area contributed by atoms with E-state index in [1.807, 2.05) is 0 Å². The highest BCUT2D eigenvalue weighted by molar-refractivity contribution is 6.33. The molecule has 2 aromatic rings. The fraction of sp³-hybridized carbons (Fsp3) is 0.500. The number of carbonyl (C=O) groups is 2. The first-order chi connectivity index (χ1) is 11.8. The number of rotatable bonds is 3. The molecular formula is C14H14ClFN4O5. The van der Waals surface area contributed by atoms with Gasteiger partial charge in [0.2, 0.25) is 0 Å². The number of hydrogen-bond donors (Lipinski definition) is 0. The van der Waals surface area contributed by atoms with Crippen LogP contribution in [0, 0.1) is 6.08 Å². The molecule has 3 rings (SSSR count). The summed E-state index contributed by atoms with van der Waals surface area (Å²) < 4.78 is 31.2. The number of halogens is 2. The second kappa shape index (κ2) is 6.52. The maximum Gasteiger partial charge on any atom is 0.312 e. The van der Waals surface area contributed by atoms with Gasteiger partial charge in [0, 0.05) is 13.8 Å². The molecule has 11 heteroatoms. The zero-order valence-electron chi connectivity index (χ0n) is 13.5. The van der Waals surface area contributed by atoms with Gasteiger partial charge in [0.15, 0.2) is 29.2 Å². The summed E-state index contributed by atoms with van der Waals surface area (Å²) in [5.41, 5.74) is 0.229. The number of nitrogens with zero attached hydrogens (tertiary/aromatic N) is 4. The van der Waals surface area contributed by atoms with Crippen LogP contribution in [0.3, 0.4) is 0 Å². The van der Waals surface area contributed by atoms with E-state index in [1.54, 1.807) is 6.92 Å². The van der Waals surface area contributed by atoms with Crippen molar-refractivity contribution in [2.24, 2.45) is 0 Å². The molecule has 1 aliphatic heterocycles. The Morgan fingerprint density at radius 2 is 1.88 bits per heavy atom. The predicted octanol–water partition coefficient (Wildman–Crippen LogP) is 1.40. The molecule has 1 aliphatic rings. The molecule has 0 radical (unpaired) electrons. The molecule has 2 aromatic heterocycles. The van der Waals surface area contributed by atoms with E-state index in [4.69, 9.17) is 25.8 Å². The number of ether oxygens (including phenoxy) is 3. The summed E-state index contributed by atoms with van der Waals surface area (Å²) in [6, 6.07) is 0. The molecule has 0 N–H and O–H groups in total. The second-order valence-corrected chi connectivity index (χ2v) is 5.85. The number of carbonyl (C=O) groups excluding carboxylic acids is 2. The Balaban J connectivity index is 2.05. The van der Waals surface area contributed by atoms with Crippen molar-refractivity contribution in [3.8, 4) is 0 Å². The van der Waals surface area contributed by atoms with Crippen molar-refractivity contribution in [2.45, 2.75) is 45.3 Å². The lowest BCUT2D eigenvalue weighted by atomic mass is 10.1. The van der Waals surface area contributed by atoms with Gasteiger partial charge in [-0.2, -0.15) is 14.4 Å². The van der Waals surface area contributed by atoms with E-state index in [-0.39, 0.29) is 16.3 Å². The molecular weight excluding hydrogens is 359 g/mol. The van der Waals surface area contributed by atoms with Crippen LogP contribution in [0.2, 0.25) is 5.15 Å². The van der Waals surface area contributed by atoms with Crippen LogP contribution >= 0.6 is 11.6 Å². The Morgan fingerprint density at radius 3 is 2.52 bits per heavy atom. The first kappa shape index (κ1) is 17.5. The van der Waals surface area contributed by atoms with Gasteiger partial charge < -0.3 is 14.2 Å². The molecule has 134 valence electrons. The topological polar surface area (TPSA) is 105 Å². The number of imidazole rings is 1. The van der Waals surface area contributed by atoms with Crippen molar-refractivity contribution in [1.82, 2.24) is 19.5 Å². The largest absolute Gasteiger partial charge is 0.456 e. The van der Waals surface area contributed by atoms with Crippen LogP contribution in [0.25, 0.3) is 11.2 Å². The Bertz CT molecular complexity index is 844. The maximum atomic E-state index is 13.5. The summed E-state index contributed by atoms with van der Waals surface area (Å²) in [6.07, 6.45) is -3.05. The Morgan fingerprint density at radius 1 is 1.24 bits per heavy atom. The van der Waals surface area contributed by atoms with E-state index >= 15 is 0 Å². The molecule has 4 atom stereocenters. The van der Waals surface area contributed by atoms with E-state index in [1.165, 1.54) is 24.7 Å². The molecule has 1 unspecified atom stereocenters. The SMILES string of the molecule is CC(=O)O[C@@H]1[C@@H](C)OC(n2cnc3c(Cl)nc(F)nc32)[C@@H]1OC(C)=O. The monoisotopic (exact) mass is 372 g/mol. The van der Waals surface area contributed by atoms with Gasteiger partial charge in [-0.15, -0.1) is 0 Å². The fourth-order valence-electron chi connectivity index (χ4n) is 2.74. The van der Waals surface area contributed by atoms with E-state index < -0.39 is 42.6 Å². The molecule has 3 heterocycles. The normalized spacial score (nSPS) is 26.0. The molecule has 0 amide bonds. The third-order valence-electron chi connectivity index (χ3n) is 3.65. The lowest BCUT2D eigenvalue weighted by Gasteiger charge is -2.23.